The maximum atomic E-state index is 12.1. The molecule has 0 unspecified atom stereocenters. The van der Waals surface area contributed by atoms with Crippen LogP contribution in [0.5, 0.6) is 0 Å². The Labute approximate surface area is 174 Å². The Hall–Kier alpha value is -1.89. The molecule has 29 heavy (non-hydrogen) atoms. The van der Waals surface area contributed by atoms with Gasteiger partial charge in [0, 0.05) is 23.7 Å². The Kier molecular flexibility index (Phi) is 5.95. The zero-order valence-corrected chi connectivity index (χ0v) is 18.0. The third kappa shape index (κ3) is 5.00. The predicted octanol–water partition coefficient (Wildman–Crippen LogP) is 3.70. The molecule has 156 valence electrons. The van der Waals surface area contributed by atoms with Crippen LogP contribution in [0.1, 0.15) is 44.6 Å². The molecule has 1 aliphatic heterocycles. The predicted molar refractivity (Wildman–Crippen MR) is 120 cm³/mol. The molecule has 3 N–H and O–H groups in total. The topological polar surface area (TPSA) is 70.2 Å². The van der Waals surface area contributed by atoms with E-state index in [1.54, 1.807) is 19.9 Å². The van der Waals surface area contributed by atoms with Gasteiger partial charge in [-0.05, 0) is 75.0 Å². The summed E-state index contributed by atoms with van der Waals surface area (Å²) in [5.74, 6) is 0.614. The Morgan fingerprint density at radius 2 is 1.72 bits per heavy atom. The maximum Gasteiger partial charge on any atom is 0.235 e. The van der Waals surface area contributed by atoms with E-state index < -0.39 is 15.3 Å². The van der Waals surface area contributed by atoms with Crippen molar-refractivity contribution in [3.8, 4) is 11.1 Å². The Morgan fingerprint density at radius 1 is 1.00 bits per heavy atom. The molecular weight excluding hydrogens is 382 g/mol. The van der Waals surface area contributed by atoms with Gasteiger partial charge in [0.1, 0.15) is 0 Å². The molecule has 1 saturated heterocycles. The number of hydrogen-bond donors (Lipinski definition) is 3. The molecule has 0 radical (unpaired) electrons. The molecule has 0 spiro atoms. The van der Waals surface area contributed by atoms with Gasteiger partial charge in [0.25, 0.3) is 0 Å². The molecule has 2 atom stereocenters. The minimum Gasteiger partial charge on any atom is -0.317 e. The summed E-state index contributed by atoms with van der Waals surface area (Å²) >= 11 is 0. The summed E-state index contributed by atoms with van der Waals surface area (Å²) in [6.07, 6.45) is 3.66. The normalized spacial score (nSPS) is 22.6. The highest BCUT2D eigenvalue weighted by Crippen LogP contribution is 2.42. The summed E-state index contributed by atoms with van der Waals surface area (Å²) in [5.41, 5.74) is 4.11. The molecule has 0 aromatic heterocycles. The third-order valence-corrected chi connectivity index (χ3v) is 7.76. The fourth-order valence-electron chi connectivity index (χ4n) is 4.01. The lowest BCUT2D eigenvalue weighted by molar-refractivity contribution is 0.383. The van der Waals surface area contributed by atoms with E-state index in [9.17, 15) is 8.42 Å². The fraction of sp³-hybridized carbons (Fsp3) is 0.478. The summed E-state index contributed by atoms with van der Waals surface area (Å²) in [6, 6.07) is 17.6. The van der Waals surface area contributed by atoms with Crippen LogP contribution < -0.4 is 15.4 Å². The quantitative estimate of drug-likeness (QED) is 0.647. The summed E-state index contributed by atoms with van der Waals surface area (Å²) in [6.45, 7) is 5.60. The van der Waals surface area contributed by atoms with Crippen LogP contribution in [0.3, 0.4) is 0 Å². The van der Waals surface area contributed by atoms with Gasteiger partial charge in [0.2, 0.25) is 10.0 Å². The molecule has 5 nitrogen and oxygen atoms in total. The van der Waals surface area contributed by atoms with Gasteiger partial charge in [-0.15, -0.1) is 0 Å². The van der Waals surface area contributed by atoms with Gasteiger partial charge >= 0.3 is 0 Å². The highest BCUT2D eigenvalue weighted by Gasteiger charge is 2.39. The smallest absolute Gasteiger partial charge is 0.235 e. The lowest BCUT2D eigenvalue weighted by Gasteiger charge is -2.24. The number of nitrogens with one attached hydrogen (secondary N) is 3. The second-order valence-electron chi connectivity index (χ2n) is 8.54. The molecule has 1 heterocycles. The number of sulfonamides is 1. The molecule has 4 rings (SSSR count). The van der Waals surface area contributed by atoms with Crippen molar-refractivity contribution >= 4 is 15.7 Å². The molecule has 2 aliphatic rings. The van der Waals surface area contributed by atoms with Gasteiger partial charge < -0.3 is 10.6 Å². The highest BCUT2D eigenvalue weighted by molar-refractivity contribution is 7.93. The van der Waals surface area contributed by atoms with Crippen molar-refractivity contribution in [2.24, 2.45) is 0 Å². The Morgan fingerprint density at radius 3 is 2.41 bits per heavy atom. The minimum absolute atomic E-state index is 0.463. The Bertz CT molecular complexity index is 935. The van der Waals surface area contributed by atoms with Crippen LogP contribution in [0, 0.1) is 0 Å². The number of benzene rings is 2. The summed E-state index contributed by atoms with van der Waals surface area (Å²) < 4.78 is 26.9. The maximum absolute atomic E-state index is 12.1. The Balaban J connectivity index is 1.40. The van der Waals surface area contributed by atoms with Gasteiger partial charge in [0.15, 0.2) is 0 Å². The lowest BCUT2D eigenvalue weighted by Crippen LogP contribution is -2.41. The van der Waals surface area contributed by atoms with Gasteiger partial charge in [-0.2, -0.15) is 0 Å². The van der Waals surface area contributed by atoms with Crippen LogP contribution in [-0.2, 0) is 10.0 Å². The zero-order valence-electron chi connectivity index (χ0n) is 17.2. The summed E-state index contributed by atoms with van der Waals surface area (Å²) in [7, 11) is -3.34. The molecule has 2 aromatic rings. The first-order valence-corrected chi connectivity index (χ1v) is 12.2. The number of hydrogen-bond acceptors (Lipinski definition) is 4. The number of anilines is 1. The van der Waals surface area contributed by atoms with Crippen LogP contribution in [0.15, 0.2) is 48.5 Å². The van der Waals surface area contributed by atoms with E-state index in [0.717, 1.165) is 24.2 Å². The van der Waals surface area contributed by atoms with Crippen molar-refractivity contribution in [3.05, 3.63) is 54.1 Å². The highest BCUT2D eigenvalue weighted by atomic mass is 32.2. The van der Waals surface area contributed by atoms with E-state index in [0.29, 0.717) is 23.7 Å². The van der Waals surface area contributed by atoms with Crippen molar-refractivity contribution in [2.75, 3.05) is 17.8 Å². The zero-order chi connectivity index (χ0) is 20.4. The molecule has 6 heteroatoms. The van der Waals surface area contributed by atoms with Crippen molar-refractivity contribution in [2.45, 2.75) is 56.4 Å². The molecular formula is C23H31N3O2S. The van der Waals surface area contributed by atoms with E-state index in [-0.39, 0.29) is 0 Å². The SMILES string of the molecule is CC(C)S(=O)(=O)Nc1cccc(-c2ccc([C@@H]3C[C@H]3NC3CCNCC3)cc2)c1. The molecule has 0 bridgehead atoms. The second kappa shape index (κ2) is 8.46. The van der Waals surface area contributed by atoms with E-state index in [1.807, 2.05) is 18.2 Å². The van der Waals surface area contributed by atoms with Crippen molar-refractivity contribution in [1.82, 2.24) is 10.6 Å². The van der Waals surface area contributed by atoms with E-state index in [1.165, 1.54) is 24.8 Å². The summed E-state index contributed by atoms with van der Waals surface area (Å²) in [5, 5.41) is 6.78. The van der Waals surface area contributed by atoms with Crippen LogP contribution >= 0.6 is 0 Å². The van der Waals surface area contributed by atoms with Crippen molar-refractivity contribution in [1.29, 1.82) is 0 Å². The molecule has 1 aliphatic carbocycles. The van der Waals surface area contributed by atoms with Crippen LogP contribution in [0.2, 0.25) is 0 Å². The summed E-state index contributed by atoms with van der Waals surface area (Å²) in [4.78, 5) is 0. The van der Waals surface area contributed by atoms with Crippen LogP contribution in [-0.4, -0.2) is 38.8 Å². The van der Waals surface area contributed by atoms with Gasteiger partial charge in [-0.1, -0.05) is 36.4 Å². The largest absolute Gasteiger partial charge is 0.317 e. The molecule has 1 saturated carbocycles. The monoisotopic (exact) mass is 413 g/mol. The standard InChI is InChI=1S/C23H31N3O2S/c1-16(2)29(27,28)26-21-5-3-4-19(14-21)17-6-8-18(9-7-17)22-15-23(22)25-20-10-12-24-13-11-20/h3-9,14,16,20,22-26H,10-13,15H2,1-2H3/t22-,23+/m0/s1. The first kappa shape index (κ1) is 20.4. The third-order valence-electron chi connectivity index (χ3n) is 5.99. The van der Waals surface area contributed by atoms with Crippen molar-refractivity contribution in [3.63, 3.8) is 0 Å². The average Bonchev–Trinajstić information content (AvgIpc) is 3.48. The molecule has 0 amide bonds. The average molecular weight is 414 g/mol. The van der Waals surface area contributed by atoms with Gasteiger partial charge in [0.05, 0.1) is 5.25 Å². The van der Waals surface area contributed by atoms with Gasteiger partial charge in [-0.25, -0.2) is 8.42 Å². The van der Waals surface area contributed by atoms with E-state index >= 15 is 0 Å². The fourth-order valence-corrected chi connectivity index (χ4v) is 4.70. The van der Waals surface area contributed by atoms with Crippen molar-refractivity contribution < 1.29 is 8.42 Å². The molecule has 2 aromatic carbocycles. The minimum atomic E-state index is -3.34. The van der Waals surface area contributed by atoms with Crippen LogP contribution in [0.25, 0.3) is 11.1 Å². The number of rotatable bonds is 7. The second-order valence-corrected chi connectivity index (χ2v) is 10.8. The molecule has 2 fully saturated rings. The lowest BCUT2D eigenvalue weighted by atomic mass is 10.0. The number of piperidine rings is 1. The van der Waals surface area contributed by atoms with E-state index in [2.05, 4.69) is 39.6 Å². The van der Waals surface area contributed by atoms with E-state index in [4.69, 9.17) is 0 Å². The van der Waals surface area contributed by atoms with Crippen LogP contribution in [0.4, 0.5) is 5.69 Å². The first-order chi connectivity index (χ1) is 13.9. The van der Waals surface area contributed by atoms with Gasteiger partial charge in [-0.3, -0.25) is 4.72 Å². The first-order valence-electron chi connectivity index (χ1n) is 10.6.